The first-order valence-electron chi connectivity index (χ1n) is 16.2. The Labute approximate surface area is 307 Å². The standard InChI is InChI=1S/C32H34ClF2N11O6S/c1-49-31-42-29(41-30(43-31)46-14-12-45(13-15-46)16-18-50-17-11-38-44-36)40-24-19-20(53(2,47)48)8-9-23(24)39-26(27-22(33)6-4-10-37-27)21-5-3-7-25-28(21)52-32(34,35)51-25/h3-10,19,26,39H,11-18H2,1-2H3,(H,40,41,42,43)/t26-/m0/s1. The van der Waals surface area contributed by atoms with Gasteiger partial charge in [0, 0.05) is 62.2 Å². The van der Waals surface area contributed by atoms with E-state index in [0.717, 1.165) is 6.26 Å². The first kappa shape index (κ1) is 37.5. The monoisotopic (exact) mass is 773 g/mol. The third-order valence-corrected chi connectivity index (χ3v) is 9.62. The SMILES string of the molecule is COc1nc(Nc2cc(S(C)(=O)=O)ccc2N[C@@H](c2cccc3c2OC(F)(F)O3)c2ncccc2Cl)nc(N2CCN(CCOCCN=[N+]=[N-])CC2)n1. The molecule has 21 heteroatoms. The summed E-state index contributed by atoms with van der Waals surface area (Å²) in [7, 11) is -2.28. The van der Waals surface area contributed by atoms with Gasteiger partial charge in [0.15, 0.2) is 21.3 Å². The number of azide groups is 1. The van der Waals surface area contributed by atoms with Gasteiger partial charge in [0.05, 0.1) is 53.4 Å². The number of aromatic nitrogens is 4. The number of rotatable bonds is 15. The second-order valence-corrected chi connectivity index (χ2v) is 14.2. The molecule has 1 atom stereocenters. The van der Waals surface area contributed by atoms with Crippen molar-refractivity contribution in [2.75, 3.05) is 81.4 Å². The molecule has 280 valence electrons. The van der Waals surface area contributed by atoms with Crippen molar-refractivity contribution in [1.29, 1.82) is 0 Å². The van der Waals surface area contributed by atoms with Gasteiger partial charge in [-0.3, -0.25) is 9.88 Å². The number of sulfone groups is 1. The summed E-state index contributed by atoms with van der Waals surface area (Å²) in [5.74, 6) is -0.0302. The van der Waals surface area contributed by atoms with Crippen molar-refractivity contribution in [3.8, 4) is 17.5 Å². The second-order valence-electron chi connectivity index (χ2n) is 11.7. The number of ether oxygens (including phenoxy) is 4. The summed E-state index contributed by atoms with van der Waals surface area (Å²) in [6.45, 7) is 4.37. The molecule has 0 amide bonds. The van der Waals surface area contributed by atoms with Gasteiger partial charge in [0.25, 0.3) is 0 Å². The van der Waals surface area contributed by atoms with E-state index in [9.17, 15) is 17.2 Å². The minimum absolute atomic E-state index is 0.0122. The third kappa shape index (κ3) is 9.21. The highest BCUT2D eigenvalue weighted by atomic mass is 35.5. The number of anilines is 4. The average Bonchev–Trinajstić information content (AvgIpc) is 3.46. The fourth-order valence-corrected chi connectivity index (χ4v) is 6.51. The number of fused-ring (bicyclic) bond motifs is 1. The first-order chi connectivity index (χ1) is 25.4. The van der Waals surface area contributed by atoms with Crippen molar-refractivity contribution >= 4 is 44.7 Å². The highest BCUT2D eigenvalue weighted by molar-refractivity contribution is 7.90. The van der Waals surface area contributed by atoms with Crippen LogP contribution in [0.5, 0.6) is 17.5 Å². The molecule has 2 aliphatic rings. The molecule has 0 radical (unpaired) electrons. The molecule has 2 N–H and O–H groups in total. The lowest BCUT2D eigenvalue weighted by atomic mass is 10.0. The van der Waals surface area contributed by atoms with Gasteiger partial charge in [-0.15, -0.1) is 8.78 Å². The molecule has 0 bridgehead atoms. The van der Waals surface area contributed by atoms with E-state index in [0.29, 0.717) is 57.6 Å². The molecule has 0 unspecified atom stereocenters. The zero-order valence-corrected chi connectivity index (χ0v) is 30.0. The van der Waals surface area contributed by atoms with Crippen molar-refractivity contribution in [2.24, 2.45) is 5.11 Å². The van der Waals surface area contributed by atoms with Crippen molar-refractivity contribution in [1.82, 2.24) is 24.8 Å². The normalized spacial score (nSPS) is 15.8. The molecular formula is C32H34ClF2N11O6S. The van der Waals surface area contributed by atoms with Gasteiger partial charge in [0.2, 0.25) is 11.9 Å². The van der Waals surface area contributed by atoms with E-state index in [4.69, 9.17) is 36.1 Å². The summed E-state index contributed by atoms with van der Waals surface area (Å²) in [5, 5.41) is 10.1. The second kappa shape index (κ2) is 16.2. The topological polar surface area (TPSA) is 202 Å². The molecule has 0 aliphatic carbocycles. The Hall–Kier alpha value is -5.27. The van der Waals surface area contributed by atoms with Crippen LogP contribution >= 0.6 is 11.6 Å². The maximum atomic E-state index is 14.3. The van der Waals surface area contributed by atoms with Crippen LogP contribution in [0.4, 0.5) is 32.1 Å². The smallest absolute Gasteiger partial charge is 0.467 e. The van der Waals surface area contributed by atoms with Crippen molar-refractivity contribution < 1.29 is 36.1 Å². The quantitative estimate of drug-likeness (QED) is 0.0703. The largest absolute Gasteiger partial charge is 0.586 e. The van der Waals surface area contributed by atoms with Crippen LogP contribution in [-0.4, -0.2) is 105 Å². The molecule has 0 saturated carbocycles. The van der Waals surface area contributed by atoms with Crippen LogP contribution in [0.2, 0.25) is 5.02 Å². The summed E-state index contributed by atoms with van der Waals surface area (Å²) < 4.78 is 74.4. The number of nitrogens with one attached hydrogen (secondary N) is 2. The Kier molecular flexibility index (Phi) is 11.4. The number of para-hydroxylation sites is 1. The molecule has 1 fully saturated rings. The molecule has 4 heterocycles. The molecule has 17 nitrogen and oxygen atoms in total. The number of pyridine rings is 1. The summed E-state index contributed by atoms with van der Waals surface area (Å²) in [6, 6.07) is 11.0. The number of nitrogens with zero attached hydrogens (tertiary/aromatic N) is 9. The van der Waals surface area contributed by atoms with Gasteiger partial charge in [-0.2, -0.15) is 15.0 Å². The molecule has 2 aromatic carbocycles. The van der Waals surface area contributed by atoms with Crippen LogP contribution in [0.25, 0.3) is 10.4 Å². The Morgan fingerprint density at radius 3 is 2.62 bits per heavy atom. The average molecular weight is 774 g/mol. The van der Waals surface area contributed by atoms with Gasteiger partial charge in [0.1, 0.15) is 0 Å². The molecular weight excluding hydrogens is 740 g/mol. The van der Waals surface area contributed by atoms with Crippen LogP contribution in [-0.2, 0) is 14.6 Å². The Balaban J connectivity index is 1.29. The minimum atomic E-state index is -3.90. The van der Waals surface area contributed by atoms with E-state index in [1.54, 1.807) is 18.2 Å². The predicted molar refractivity (Wildman–Crippen MR) is 190 cm³/mol. The van der Waals surface area contributed by atoms with Gasteiger partial charge >= 0.3 is 12.3 Å². The van der Waals surface area contributed by atoms with Crippen LogP contribution < -0.4 is 29.7 Å². The van der Waals surface area contributed by atoms with Gasteiger partial charge in [-0.25, -0.2) is 8.42 Å². The van der Waals surface area contributed by atoms with Crippen LogP contribution in [0, 0.1) is 0 Å². The van der Waals surface area contributed by atoms with E-state index in [1.807, 2.05) is 4.90 Å². The number of hydrogen-bond acceptors (Lipinski definition) is 15. The summed E-state index contributed by atoms with van der Waals surface area (Å²) in [4.78, 5) is 24.8. The first-order valence-corrected chi connectivity index (χ1v) is 18.4. The number of methoxy groups -OCH3 is 1. The maximum Gasteiger partial charge on any atom is 0.586 e. The fraction of sp³-hybridized carbons (Fsp3) is 0.375. The third-order valence-electron chi connectivity index (χ3n) is 8.19. The van der Waals surface area contributed by atoms with Gasteiger partial charge < -0.3 is 34.5 Å². The lowest BCUT2D eigenvalue weighted by Crippen LogP contribution is -2.48. The zero-order chi connectivity index (χ0) is 37.6. The minimum Gasteiger partial charge on any atom is -0.467 e. The predicted octanol–water partition coefficient (Wildman–Crippen LogP) is 5.05. The lowest BCUT2D eigenvalue weighted by molar-refractivity contribution is -0.287. The fourth-order valence-electron chi connectivity index (χ4n) is 5.63. The van der Waals surface area contributed by atoms with Crippen LogP contribution in [0.15, 0.2) is 64.7 Å². The summed E-state index contributed by atoms with van der Waals surface area (Å²) in [5.41, 5.74) is 9.40. The number of halogens is 3. The van der Waals surface area contributed by atoms with Crippen molar-refractivity contribution in [3.05, 3.63) is 81.5 Å². The van der Waals surface area contributed by atoms with E-state index >= 15 is 0 Å². The van der Waals surface area contributed by atoms with Gasteiger partial charge in [-0.1, -0.05) is 28.8 Å². The van der Waals surface area contributed by atoms with Gasteiger partial charge in [-0.05, 0) is 41.9 Å². The molecule has 2 aromatic heterocycles. The Morgan fingerprint density at radius 2 is 1.89 bits per heavy atom. The van der Waals surface area contributed by atoms with E-state index in [-0.39, 0.29) is 56.9 Å². The summed E-state index contributed by atoms with van der Waals surface area (Å²) in [6.07, 6.45) is -1.33. The molecule has 6 rings (SSSR count). The Morgan fingerprint density at radius 1 is 1.08 bits per heavy atom. The summed E-state index contributed by atoms with van der Waals surface area (Å²) >= 11 is 6.59. The van der Waals surface area contributed by atoms with Crippen molar-refractivity contribution in [2.45, 2.75) is 17.2 Å². The highest BCUT2D eigenvalue weighted by Crippen LogP contribution is 2.48. The zero-order valence-electron chi connectivity index (χ0n) is 28.4. The molecule has 0 spiro atoms. The van der Waals surface area contributed by atoms with E-state index in [1.165, 1.54) is 43.6 Å². The molecule has 2 aliphatic heterocycles. The van der Waals surface area contributed by atoms with E-state index < -0.39 is 22.2 Å². The molecule has 4 aromatic rings. The van der Waals surface area contributed by atoms with E-state index in [2.05, 4.69) is 45.5 Å². The number of alkyl halides is 2. The number of hydrogen-bond donors (Lipinski definition) is 2. The van der Waals surface area contributed by atoms with Crippen LogP contribution in [0.3, 0.4) is 0 Å². The molecule has 53 heavy (non-hydrogen) atoms. The lowest BCUT2D eigenvalue weighted by Gasteiger charge is -2.34. The van der Waals surface area contributed by atoms with Crippen molar-refractivity contribution in [3.63, 3.8) is 0 Å². The number of benzene rings is 2. The maximum absolute atomic E-state index is 14.3. The number of piperazine rings is 1. The Bertz CT molecular complexity index is 2100. The van der Waals surface area contributed by atoms with Crippen LogP contribution in [0.1, 0.15) is 17.3 Å². The highest BCUT2D eigenvalue weighted by Gasteiger charge is 2.45. The molecule has 1 saturated heterocycles.